The van der Waals surface area contributed by atoms with Gasteiger partial charge in [-0.05, 0) is 61.7 Å². The summed E-state index contributed by atoms with van der Waals surface area (Å²) in [5.41, 5.74) is 5.19. The van der Waals surface area contributed by atoms with E-state index in [2.05, 4.69) is 31.1 Å². The smallest absolute Gasteiger partial charge is 0.260 e. The summed E-state index contributed by atoms with van der Waals surface area (Å²) in [6.07, 6.45) is 0. The number of aromatic nitrogens is 3. The number of carbonyl (C=O) groups excluding carboxylic acids is 1. The van der Waals surface area contributed by atoms with Crippen LogP contribution < -0.4 is 4.90 Å². The number of para-hydroxylation sites is 1. The lowest BCUT2D eigenvalue weighted by atomic mass is 10.0. The largest absolute Gasteiger partial charge is 0.282 e. The van der Waals surface area contributed by atoms with Crippen LogP contribution in [0.25, 0.3) is 10.2 Å². The van der Waals surface area contributed by atoms with Crippen LogP contribution in [0.4, 0.5) is 5.13 Å². The quantitative estimate of drug-likeness (QED) is 0.397. The summed E-state index contributed by atoms with van der Waals surface area (Å²) < 4.78 is 2.98. The van der Waals surface area contributed by atoms with Crippen molar-refractivity contribution in [2.45, 2.75) is 40.2 Å². The zero-order chi connectivity index (χ0) is 22.8. The van der Waals surface area contributed by atoms with Crippen molar-refractivity contribution in [3.05, 3.63) is 76.6 Å². The first-order chi connectivity index (χ1) is 15.4. The van der Waals surface area contributed by atoms with Gasteiger partial charge in [0.25, 0.3) is 5.91 Å². The molecule has 0 radical (unpaired) electrons. The van der Waals surface area contributed by atoms with Crippen LogP contribution in [-0.4, -0.2) is 27.2 Å². The maximum atomic E-state index is 13.5. The highest BCUT2D eigenvalue weighted by Crippen LogP contribution is 2.34. The number of fused-ring (bicyclic) bond motifs is 1. The fourth-order valence-corrected chi connectivity index (χ4v) is 4.79. The Labute approximate surface area is 191 Å². The van der Waals surface area contributed by atoms with Crippen LogP contribution in [-0.2, 0) is 6.54 Å². The molecule has 0 saturated heterocycles. The zero-order valence-electron chi connectivity index (χ0n) is 18.7. The number of nitriles is 1. The minimum atomic E-state index is -0.138. The molecular formula is C25H25N5OS. The van der Waals surface area contributed by atoms with E-state index < -0.39 is 0 Å². The topological polar surface area (TPSA) is 74.8 Å². The highest BCUT2D eigenvalue weighted by atomic mass is 32.1. The van der Waals surface area contributed by atoms with Crippen LogP contribution in [0.2, 0.25) is 0 Å². The van der Waals surface area contributed by atoms with Gasteiger partial charge in [0.1, 0.15) is 0 Å². The minimum absolute atomic E-state index is 0.138. The number of anilines is 1. The second-order valence-electron chi connectivity index (χ2n) is 8.14. The summed E-state index contributed by atoms with van der Waals surface area (Å²) in [6, 6.07) is 17.0. The van der Waals surface area contributed by atoms with Gasteiger partial charge in [-0.1, -0.05) is 37.3 Å². The van der Waals surface area contributed by atoms with Gasteiger partial charge in [-0.25, -0.2) is 4.98 Å². The monoisotopic (exact) mass is 443 g/mol. The molecule has 0 aliphatic rings. The molecule has 0 atom stereocenters. The average Bonchev–Trinajstić information content (AvgIpc) is 3.35. The first kappa shape index (κ1) is 21.7. The molecule has 4 aromatic rings. The van der Waals surface area contributed by atoms with Crippen LogP contribution in [0.5, 0.6) is 0 Å². The van der Waals surface area contributed by atoms with Crippen molar-refractivity contribution < 1.29 is 4.79 Å². The molecule has 162 valence electrons. The van der Waals surface area contributed by atoms with E-state index in [1.807, 2.05) is 36.7 Å². The molecule has 0 bridgehead atoms. The highest BCUT2D eigenvalue weighted by molar-refractivity contribution is 7.22. The van der Waals surface area contributed by atoms with Crippen molar-refractivity contribution in [3.63, 3.8) is 0 Å². The number of rotatable bonds is 6. The van der Waals surface area contributed by atoms with Crippen molar-refractivity contribution in [3.8, 4) is 6.07 Å². The number of benzene rings is 2. The predicted molar refractivity (Wildman–Crippen MR) is 128 cm³/mol. The Hall–Kier alpha value is -3.50. The van der Waals surface area contributed by atoms with Crippen LogP contribution >= 0.6 is 11.3 Å². The second-order valence-corrected chi connectivity index (χ2v) is 9.15. The molecule has 0 aliphatic carbocycles. The first-order valence-electron chi connectivity index (χ1n) is 10.6. The van der Waals surface area contributed by atoms with Crippen molar-refractivity contribution in [1.82, 2.24) is 14.8 Å². The Morgan fingerprint density at radius 1 is 1.19 bits per heavy atom. The van der Waals surface area contributed by atoms with Crippen molar-refractivity contribution in [2.75, 3.05) is 11.4 Å². The molecule has 4 rings (SSSR count). The molecule has 2 aromatic carbocycles. The fourth-order valence-electron chi connectivity index (χ4n) is 3.76. The Balaban J connectivity index is 1.73. The number of aryl methyl sites for hydroxylation is 2. The molecule has 0 fully saturated rings. The van der Waals surface area contributed by atoms with E-state index in [0.29, 0.717) is 35.3 Å². The number of thiazole rings is 1. The van der Waals surface area contributed by atoms with Gasteiger partial charge >= 0.3 is 0 Å². The summed E-state index contributed by atoms with van der Waals surface area (Å²) in [5.74, 6) is 0.201. The standard InChI is InChI=1S/C25H25N5OS/c1-16(2)21-6-5-7-22-23(21)27-25(32-22)29(12-13-30-18(4)14-17(3)28-30)24(31)20-10-8-19(15-26)9-11-20/h5-11,14,16H,12-13H2,1-4H3. The number of nitrogens with zero attached hydrogens (tertiary/aromatic N) is 5. The molecule has 1 amide bonds. The van der Waals surface area contributed by atoms with E-state index in [1.54, 1.807) is 29.2 Å². The molecule has 2 heterocycles. The maximum Gasteiger partial charge on any atom is 0.260 e. The molecular weight excluding hydrogens is 418 g/mol. The van der Waals surface area contributed by atoms with Crippen LogP contribution in [0.1, 0.15) is 52.6 Å². The third-order valence-electron chi connectivity index (χ3n) is 5.44. The third-order valence-corrected chi connectivity index (χ3v) is 6.48. The van der Waals surface area contributed by atoms with Gasteiger partial charge in [-0.3, -0.25) is 14.4 Å². The molecule has 6 nitrogen and oxygen atoms in total. The number of hydrogen-bond acceptors (Lipinski definition) is 5. The van der Waals surface area contributed by atoms with Gasteiger partial charge in [0.2, 0.25) is 0 Å². The Kier molecular flexibility index (Phi) is 6.06. The summed E-state index contributed by atoms with van der Waals surface area (Å²) in [4.78, 5) is 20.2. The molecule has 2 aromatic heterocycles. The van der Waals surface area contributed by atoms with Crippen molar-refractivity contribution in [1.29, 1.82) is 5.26 Å². The lowest BCUT2D eigenvalue weighted by molar-refractivity contribution is 0.0985. The number of amides is 1. The SMILES string of the molecule is Cc1cc(C)n(CCN(C(=O)c2ccc(C#N)cc2)c2nc3c(C(C)C)cccc3s2)n1. The van der Waals surface area contributed by atoms with Gasteiger partial charge in [0.15, 0.2) is 5.13 Å². The van der Waals surface area contributed by atoms with E-state index in [0.717, 1.165) is 21.6 Å². The predicted octanol–water partition coefficient (Wildman–Crippen LogP) is 5.45. The van der Waals surface area contributed by atoms with Crippen LogP contribution in [0.3, 0.4) is 0 Å². The third kappa shape index (κ3) is 4.27. The van der Waals surface area contributed by atoms with Crippen molar-refractivity contribution in [2.24, 2.45) is 0 Å². The summed E-state index contributed by atoms with van der Waals surface area (Å²) in [5, 5.41) is 14.3. The summed E-state index contributed by atoms with van der Waals surface area (Å²) in [7, 11) is 0. The Morgan fingerprint density at radius 2 is 1.94 bits per heavy atom. The molecule has 7 heteroatoms. The molecule has 32 heavy (non-hydrogen) atoms. The van der Waals surface area contributed by atoms with Crippen molar-refractivity contribution >= 4 is 32.6 Å². The molecule has 0 N–H and O–H groups in total. The van der Waals surface area contributed by atoms with E-state index in [4.69, 9.17) is 10.2 Å². The Morgan fingerprint density at radius 3 is 2.56 bits per heavy atom. The van der Waals surface area contributed by atoms with Gasteiger partial charge in [-0.2, -0.15) is 10.4 Å². The van der Waals surface area contributed by atoms with Gasteiger partial charge in [0.05, 0.1) is 34.1 Å². The van der Waals surface area contributed by atoms with Gasteiger partial charge in [0, 0.05) is 17.8 Å². The average molecular weight is 444 g/mol. The van der Waals surface area contributed by atoms with E-state index in [9.17, 15) is 4.79 Å². The maximum absolute atomic E-state index is 13.5. The van der Waals surface area contributed by atoms with E-state index in [-0.39, 0.29) is 5.91 Å². The van der Waals surface area contributed by atoms with Gasteiger partial charge < -0.3 is 0 Å². The normalized spacial score (nSPS) is 11.1. The van der Waals surface area contributed by atoms with Crippen LogP contribution in [0, 0.1) is 25.2 Å². The first-order valence-corrected chi connectivity index (χ1v) is 11.4. The minimum Gasteiger partial charge on any atom is -0.282 e. The number of carbonyl (C=O) groups is 1. The molecule has 0 spiro atoms. The summed E-state index contributed by atoms with van der Waals surface area (Å²) in [6.45, 7) is 9.28. The van der Waals surface area contributed by atoms with Gasteiger partial charge in [-0.15, -0.1) is 0 Å². The van der Waals surface area contributed by atoms with Crippen LogP contribution in [0.15, 0.2) is 48.5 Å². The molecule has 0 saturated carbocycles. The summed E-state index contributed by atoms with van der Waals surface area (Å²) >= 11 is 1.52. The van der Waals surface area contributed by atoms with E-state index in [1.165, 1.54) is 16.9 Å². The van der Waals surface area contributed by atoms with E-state index >= 15 is 0 Å². The lowest BCUT2D eigenvalue weighted by Gasteiger charge is -2.20. The number of hydrogen-bond donors (Lipinski definition) is 0. The molecule has 0 unspecified atom stereocenters. The molecule has 0 aliphatic heterocycles. The zero-order valence-corrected chi connectivity index (χ0v) is 19.5. The Bertz CT molecular complexity index is 1310. The second kappa shape index (κ2) is 8.93. The lowest BCUT2D eigenvalue weighted by Crippen LogP contribution is -2.34. The highest BCUT2D eigenvalue weighted by Gasteiger charge is 2.23. The fraction of sp³-hybridized carbons (Fsp3) is 0.280.